The zero-order valence-electron chi connectivity index (χ0n) is 21.9. The average molecular weight is 556 g/mol. The minimum atomic E-state index is -0.625. The van der Waals surface area contributed by atoms with Gasteiger partial charge in [0.05, 0.1) is 0 Å². The Morgan fingerprint density at radius 3 is 2.52 bits per heavy atom. The zero-order valence-corrected chi connectivity index (χ0v) is 22.7. The molecule has 0 bridgehead atoms. The number of aromatic amines is 1. The molecule has 3 heterocycles. The van der Waals surface area contributed by atoms with Crippen molar-refractivity contribution in [2.75, 3.05) is 0 Å². The summed E-state index contributed by atoms with van der Waals surface area (Å²) in [6, 6.07) is 18.4. The first kappa shape index (κ1) is 26.9. The number of tetrazole rings is 1. The van der Waals surface area contributed by atoms with E-state index in [-0.39, 0.29) is 40.3 Å². The van der Waals surface area contributed by atoms with Crippen molar-refractivity contribution in [2.24, 2.45) is 0 Å². The molecule has 0 fully saturated rings. The molecule has 3 aromatic heterocycles. The van der Waals surface area contributed by atoms with E-state index < -0.39 is 5.78 Å². The number of hydrogen-bond donors (Lipinski definition) is 2. The normalized spacial score (nSPS) is 11.1. The molecule has 2 N–H and O–H groups in total. The second-order valence-electron chi connectivity index (χ2n) is 9.29. The summed E-state index contributed by atoms with van der Waals surface area (Å²) in [5, 5.41) is 25.1. The van der Waals surface area contributed by atoms with Crippen LogP contribution in [-0.4, -0.2) is 51.8 Å². The molecular weight excluding hydrogens is 530 g/mol. The summed E-state index contributed by atoms with van der Waals surface area (Å²) in [4.78, 5) is 34.3. The van der Waals surface area contributed by atoms with E-state index in [0.717, 1.165) is 35.1 Å². The highest BCUT2D eigenvalue weighted by Gasteiger charge is 2.27. The maximum atomic E-state index is 13.7. The van der Waals surface area contributed by atoms with Gasteiger partial charge < -0.3 is 9.67 Å². The molecule has 2 aromatic carbocycles. The molecule has 202 valence electrons. The predicted molar refractivity (Wildman–Crippen MR) is 149 cm³/mol. The molecule has 0 atom stereocenters. The molecule has 0 aliphatic heterocycles. The topological polar surface area (TPSA) is 140 Å². The van der Waals surface area contributed by atoms with E-state index in [1.54, 1.807) is 4.57 Å². The Morgan fingerprint density at radius 2 is 1.82 bits per heavy atom. The number of aryl methyl sites for hydroxylation is 1. The van der Waals surface area contributed by atoms with Gasteiger partial charge in [0.2, 0.25) is 11.6 Å². The molecule has 5 rings (SSSR count). The lowest BCUT2D eigenvalue weighted by molar-refractivity contribution is 0.101. The highest BCUT2D eigenvalue weighted by Crippen LogP contribution is 2.32. The summed E-state index contributed by atoms with van der Waals surface area (Å²) in [6.07, 6.45) is 2.35. The lowest BCUT2D eigenvalue weighted by atomic mass is 9.97. The number of carbonyl (C=O) groups is 2. The fourth-order valence-corrected chi connectivity index (χ4v) is 4.79. The van der Waals surface area contributed by atoms with Crippen LogP contribution in [0.2, 0.25) is 5.15 Å². The Bertz CT molecular complexity index is 1680. The van der Waals surface area contributed by atoms with E-state index in [1.165, 1.54) is 19.1 Å². The van der Waals surface area contributed by atoms with E-state index in [4.69, 9.17) is 11.6 Å². The third-order valence-electron chi connectivity index (χ3n) is 6.52. The number of H-pyrrole nitrogens is 1. The summed E-state index contributed by atoms with van der Waals surface area (Å²) in [6.45, 7) is 3.66. The number of nitrogens with zero attached hydrogens (tertiary/aromatic N) is 6. The number of imidazole rings is 1. The van der Waals surface area contributed by atoms with Crippen molar-refractivity contribution in [3.63, 3.8) is 0 Å². The monoisotopic (exact) mass is 555 g/mol. The Labute approximate surface area is 235 Å². The van der Waals surface area contributed by atoms with Gasteiger partial charge in [0.1, 0.15) is 23.0 Å². The molecule has 0 aliphatic carbocycles. The van der Waals surface area contributed by atoms with Gasteiger partial charge in [0.25, 0.3) is 0 Å². The molecule has 0 amide bonds. The quantitative estimate of drug-likeness (QED) is 0.221. The summed E-state index contributed by atoms with van der Waals surface area (Å²) >= 11 is 6.55. The van der Waals surface area contributed by atoms with Crippen molar-refractivity contribution in [1.82, 2.24) is 35.2 Å². The predicted octanol–water partition coefficient (Wildman–Crippen LogP) is 5.31. The van der Waals surface area contributed by atoms with Gasteiger partial charge in [-0.15, -0.1) is 10.2 Å². The van der Waals surface area contributed by atoms with Crippen molar-refractivity contribution in [3.05, 3.63) is 94.3 Å². The maximum absolute atomic E-state index is 13.7. The van der Waals surface area contributed by atoms with Crippen molar-refractivity contribution < 1.29 is 14.7 Å². The van der Waals surface area contributed by atoms with Crippen molar-refractivity contribution in [1.29, 1.82) is 0 Å². The Balaban J connectivity index is 1.61. The molecule has 40 heavy (non-hydrogen) atoms. The summed E-state index contributed by atoms with van der Waals surface area (Å²) in [5.41, 5.74) is 3.41. The minimum absolute atomic E-state index is 0.00447. The summed E-state index contributed by atoms with van der Waals surface area (Å²) < 4.78 is 1.75. The number of aromatic hydroxyl groups is 1. The molecule has 0 saturated carbocycles. The van der Waals surface area contributed by atoms with Gasteiger partial charge in [-0.25, -0.2) is 9.97 Å². The highest BCUT2D eigenvalue weighted by molar-refractivity contribution is 6.33. The molecule has 11 heteroatoms. The number of Topliss-reactive ketones (excluding diaryl/α,β-unsaturated/α-hetero) is 1. The molecule has 0 aliphatic rings. The van der Waals surface area contributed by atoms with Crippen LogP contribution in [0.5, 0.6) is 5.75 Å². The van der Waals surface area contributed by atoms with Crippen LogP contribution in [-0.2, 0) is 13.0 Å². The van der Waals surface area contributed by atoms with Gasteiger partial charge in [-0.05, 0) is 46.5 Å². The van der Waals surface area contributed by atoms with Crippen LogP contribution in [0.1, 0.15) is 64.7 Å². The van der Waals surface area contributed by atoms with Gasteiger partial charge in [0, 0.05) is 25.5 Å². The highest BCUT2D eigenvalue weighted by atomic mass is 35.5. The summed E-state index contributed by atoms with van der Waals surface area (Å²) in [5.74, 6) is -0.238. The van der Waals surface area contributed by atoms with Gasteiger partial charge >= 0.3 is 0 Å². The number of unbranched alkanes of at least 4 members (excludes halogenated alkanes) is 1. The standard InChI is InChI=1S/C29H26ClN7O3/c1-3-4-10-24-32-28(30)26(27(40)25-23(39)14-13-22(31-25)17(2)38)37(24)16-18-11-12-20(19-8-6-5-7-9-19)21(15-18)29-33-35-36-34-29/h5-9,11-15,39H,3-4,10,16H2,1-2H3,(H,33,34,35,36). The fourth-order valence-electron chi connectivity index (χ4n) is 4.51. The Morgan fingerprint density at radius 1 is 1.02 bits per heavy atom. The molecule has 10 nitrogen and oxygen atoms in total. The maximum Gasteiger partial charge on any atom is 0.234 e. The minimum Gasteiger partial charge on any atom is -0.506 e. The van der Waals surface area contributed by atoms with E-state index >= 15 is 0 Å². The van der Waals surface area contributed by atoms with E-state index in [1.807, 2.05) is 48.5 Å². The Kier molecular flexibility index (Phi) is 7.79. The van der Waals surface area contributed by atoms with Crippen molar-refractivity contribution >= 4 is 23.2 Å². The van der Waals surface area contributed by atoms with Crippen molar-refractivity contribution in [3.8, 4) is 28.3 Å². The Hall–Kier alpha value is -4.70. The van der Waals surface area contributed by atoms with Crippen molar-refractivity contribution in [2.45, 2.75) is 39.7 Å². The largest absolute Gasteiger partial charge is 0.506 e. The number of pyridine rings is 1. The number of carbonyl (C=O) groups excluding carboxylic acids is 2. The molecule has 0 radical (unpaired) electrons. The number of benzene rings is 2. The number of hydrogen-bond acceptors (Lipinski definition) is 8. The van der Waals surface area contributed by atoms with Gasteiger partial charge in [0.15, 0.2) is 16.6 Å². The first-order valence-corrected chi connectivity index (χ1v) is 13.2. The molecule has 0 spiro atoms. The number of halogens is 1. The third-order valence-corrected chi connectivity index (χ3v) is 6.78. The lowest BCUT2D eigenvalue weighted by Crippen LogP contribution is -2.16. The first-order valence-electron chi connectivity index (χ1n) is 12.8. The second-order valence-corrected chi connectivity index (χ2v) is 9.65. The van der Waals surface area contributed by atoms with E-state index in [2.05, 4.69) is 37.5 Å². The van der Waals surface area contributed by atoms with Gasteiger partial charge in [-0.1, -0.05) is 67.4 Å². The van der Waals surface area contributed by atoms with Crippen LogP contribution in [0, 0.1) is 0 Å². The SMILES string of the molecule is CCCCc1nc(Cl)c(C(=O)c2nc(C(C)=O)ccc2O)n1Cc1ccc(-c2ccccc2)c(-c2nn[nH]n2)c1. The van der Waals surface area contributed by atoms with Crippen LogP contribution in [0.4, 0.5) is 0 Å². The number of nitrogens with one attached hydrogen (secondary N) is 1. The lowest BCUT2D eigenvalue weighted by Gasteiger charge is -2.14. The molecule has 5 aromatic rings. The number of rotatable bonds is 10. The fraction of sp³-hybridized carbons (Fsp3) is 0.207. The van der Waals surface area contributed by atoms with Crippen LogP contribution in [0.25, 0.3) is 22.5 Å². The van der Waals surface area contributed by atoms with E-state index in [9.17, 15) is 14.7 Å². The number of aromatic nitrogens is 7. The third kappa shape index (κ3) is 5.39. The molecule has 0 saturated heterocycles. The van der Waals surface area contributed by atoms with Crippen LogP contribution in [0.3, 0.4) is 0 Å². The molecule has 0 unspecified atom stereocenters. The number of ketones is 2. The first-order chi connectivity index (χ1) is 19.4. The van der Waals surface area contributed by atoms with Crippen LogP contribution in [0.15, 0.2) is 60.7 Å². The van der Waals surface area contributed by atoms with E-state index in [0.29, 0.717) is 18.1 Å². The zero-order chi connectivity index (χ0) is 28.2. The van der Waals surface area contributed by atoms with Crippen LogP contribution >= 0.6 is 11.6 Å². The second kappa shape index (κ2) is 11.6. The average Bonchev–Trinajstić information content (AvgIpc) is 3.60. The smallest absolute Gasteiger partial charge is 0.234 e. The van der Waals surface area contributed by atoms with Gasteiger partial charge in [-0.2, -0.15) is 5.21 Å². The molecular formula is C29H26ClN7O3. The van der Waals surface area contributed by atoms with Gasteiger partial charge in [-0.3, -0.25) is 9.59 Å². The van der Waals surface area contributed by atoms with Crippen LogP contribution < -0.4 is 0 Å². The summed E-state index contributed by atoms with van der Waals surface area (Å²) in [7, 11) is 0.